The van der Waals surface area contributed by atoms with E-state index < -0.39 is 17.7 Å². The minimum Gasteiger partial charge on any atom is -0.491 e. The molecule has 0 saturated carbocycles. The Balaban J connectivity index is 2.27. The average Bonchev–Trinajstić information content (AvgIpc) is 2.96. The molecule has 1 aromatic rings. The quantitative estimate of drug-likeness (QED) is 0.459. The molecule has 148 valence electrons. The van der Waals surface area contributed by atoms with Crippen molar-refractivity contribution < 1.29 is 33.3 Å². The molecule has 0 saturated heterocycles. The second-order valence-electron chi connectivity index (χ2n) is 5.76. The second-order valence-corrected chi connectivity index (χ2v) is 5.76. The van der Waals surface area contributed by atoms with E-state index in [1.54, 1.807) is 7.11 Å². The van der Waals surface area contributed by atoms with E-state index in [-0.39, 0.29) is 36.7 Å². The summed E-state index contributed by atoms with van der Waals surface area (Å²) in [6.45, 7) is 0.654. The lowest BCUT2D eigenvalue weighted by atomic mass is 10.2. The minimum absolute atomic E-state index is 0.00621. The van der Waals surface area contributed by atoms with Crippen LogP contribution < -0.4 is 10.1 Å². The second kappa shape index (κ2) is 9.89. The van der Waals surface area contributed by atoms with Crippen LogP contribution in [0.25, 0.3) is 0 Å². The standard InChI is InChI=1S/C18H23FN2O6/c1-25-8-3-9-27-15-5-4-12(19)10-14(15)20-16-13(18(24)26-2)11-21(6-7-22)17(16)23/h4-5,10,20,22H,3,6-9,11H2,1-2H3. The van der Waals surface area contributed by atoms with Gasteiger partial charge in [-0.15, -0.1) is 0 Å². The van der Waals surface area contributed by atoms with Gasteiger partial charge in [-0.2, -0.15) is 0 Å². The number of anilines is 1. The van der Waals surface area contributed by atoms with Gasteiger partial charge in [-0.1, -0.05) is 0 Å². The van der Waals surface area contributed by atoms with E-state index in [0.717, 1.165) is 0 Å². The van der Waals surface area contributed by atoms with Crippen molar-refractivity contribution in [2.45, 2.75) is 6.42 Å². The number of aliphatic hydroxyl groups is 1. The lowest BCUT2D eigenvalue weighted by Crippen LogP contribution is -2.31. The number of halogens is 1. The molecule has 0 spiro atoms. The average molecular weight is 382 g/mol. The Morgan fingerprint density at radius 3 is 2.78 bits per heavy atom. The van der Waals surface area contributed by atoms with Gasteiger partial charge in [-0.05, 0) is 12.1 Å². The normalized spacial score (nSPS) is 13.9. The van der Waals surface area contributed by atoms with E-state index in [9.17, 15) is 14.0 Å². The summed E-state index contributed by atoms with van der Waals surface area (Å²) in [5.41, 5.74) is 0.288. The fourth-order valence-electron chi connectivity index (χ4n) is 2.59. The third-order valence-corrected chi connectivity index (χ3v) is 3.91. The minimum atomic E-state index is -0.676. The fourth-order valence-corrected chi connectivity index (χ4v) is 2.59. The van der Waals surface area contributed by atoms with Crippen molar-refractivity contribution in [1.82, 2.24) is 4.90 Å². The van der Waals surface area contributed by atoms with Gasteiger partial charge in [0, 0.05) is 32.7 Å². The third kappa shape index (κ3) is 5.18. The number of benzene rings is 1. The van der Waals surface area contributed by atoms with Gasteiger partial charge >= 0.3 is 5.97 Å². The van der Waals surface area contributed by atoms with Crippen LogP contribution in [0.15, 0.2) is 29.5 Å². The number of esters is 1. The molecule has 8 nitrogen and oxygen atoms in total. The van der Waals surface area contributed by atoms with Crippen molar-refractivity contribution in [1.29, 1.82) is 0 Å². The Hall–Kier alpha value is -2.65. The maximum Gasteiger partial charge on any atom is 0.337 e. The predicted molar refractivity (Wildman–Crippen MR) is 94.7 cm³/mol. The Bertz CT molecular complexity index is 722. The predicted octanol–water partition coefficient (Wildman–Crippen LogP) is 0.914. The summed E-state index contributed by atoms with van der Waals surface area (Å²) >= 11 is 0. The zero-order chi connectivity index (χ0) is 19.8. The Morgan fingerprint density at radius 1 is 1.33 bits per heavy atom. The number of ether oxygens (including phenoxy) is 3. The summed E-state index contributed by atoms with van der Waals surface area (Å²) in [6.07, 6.45) is 0.632. The van der Waals surface area contributed by atoms with Crippen molar-refractivity contribution in [3.05, 3.63) is 35.3 Å². The summed E-state index contributed by atoms with van der Waals surface area (Å²) in [7, 11) is 2.79. The first-order chi connectivity index (χ1) is 13.0. The zero-order valence-electron chi connectivity index (χ0n) is 15.3. The molecular formula is C18H23FN2O6. The Kier molecular flexibility index (Phi) is 7.56. The van der Waals surface area contributed by atoms with Crippen LogP contribution in [0, 0.1) is 5.82 Å². The number of carbonyl (C=O) groups is 2. The molecule has 0 aliphatic carbocycles. The maximum absolute atomic E-state index is 13.7. The molecule has 1 aliphatic rings. The summed E-state index contributed by atoms with van der Waals surface area (Å²) in [5.74, 6) is -1.36. The van der Waals surface area contributed by atoms with Gasteiger partial charge in [-0.3, -0.25) is 4.79 Å². The van der Waals surface area contributed by atoms with Gasteiger partial charge in [0.05, 0.1) is 38.1 Å². The summed E-state index contributed by atoms with van der Waals surface area (Å²) in [4.78, 5) is 25.9. The van der Waals surface area contributed by atoms with Crippen molar-refractivity contribution in [3.63, 3.8) is 0 Å². The van der Waals surface area contributed by atoms with Gasteiger partial charge in [0.2, 0.25) is 0 Å². The monoisotopic (exact) mass is 382 g/mol. The first-order valence-corrected chi connectivity index (χ1v) is 8.41. The van der Waals surface area contributed by atoms with Crippen LogP contribution in [0.3, 0.4) is 0 Å². The molecule has 9 heteroatoms. The molecule has 27 heavy (non-hydrogen) atoms. The molecule has 2 N–H and O–H groups in total. The van der Waals surface area contributed by atoms with Crippen LogP contribution in [-0.4, -0.2) is 69.0 Å². The summed E-state index contributed by atoms with van der Waals surface area (Å²) in [6, 6.07) is 3.85. The molecule has 0 unspecified atom stereocenters. The van der Waals surface area contributed by atoms with E-state index in [0.29, 0.717) is 25.4 Å². The van der Waals surface area contributed by atoms with E-state index >= 15 is 0 Å². The van der Waals surface area contributed by atoms with E-state index in [1.165, 1.54) is 30.2 Å². The number of carbonyl (C=O) groups excluding carboxylic acids is 2. The van der Waals surface area contributed by atoms with Crippen LogP contribution in [0.5, 0.6) is 5.75 Å². The highest BCUT2D eigenvalue weighted by Gasteiger charge is 2.34. The molecule has 2 rings (SSSR count). The van der Waals surface area contributed by atoms with Gasteiger partial charge in [0.1, 0.15) is 17.3 Å². The Labute approximate surface area is 156 Å². The van der Waals surface area contributed by atoms with E-state index in [2.05, 4.69) is 5.32 Å². The molecule has 1 aliphatic heterocycles. The topological polar surface area (TPSA) is 97.3 Å². The number of rotatable bonds is 10. The number of hydrogen-bond donors (Lipinski definition) is 2. The van der Waals surface area contributed by atoms with Gasteiger partial charge < -0.3 is 29.5 Å². The third-order valence-electron chi connectivity index (χ3n) is 3.91. The molecule has 0 bridgehead atoms. The van der Waals surface area contributed by atoms with Crippen LogP contribution in [0.2, 0.25) is 0 Å². The molecular weight excluding hydrogens is 359 g/mol. The van der Waals surface area contributed by atoms with Crippen molar-refractivity contribution in [3.8, 4) is 5.75 Å². The number of nitrogens with one attached hydrogen (secondary N) is 1. The highest BCUT2D eigenvalue weighted by atomic mass is 19.1. The molecule has 1 aromatic carbocycles. The molecule has 0 radical (unpaired) electrons. The number of methoxy groups -OCH3 is 2. The van der Waals surface area contributed by atoms with Gasteiger partial charge in [0.25, 0.3) is 5.91 Å². The van der Waals surface area contributed by atoms with Crippen LogP contribution in [0.1, 0.15) is 6.42 Å². The molecule has 1 heterocycles. The van der Waals surface area contributed by atoms with E-state index in [1.807, 2.05) is 0 Å². The molecule has 0 atom stereocenters. The van der Waals surface area contributed by atoms with E-state index in [4.69, 9.17) is 19.3 Å². The summed E-state index contributed by atoms with van der Waals surface area (Å²) in [5, 5.41) is 11.9. The van der Waals surface area contributed by atoms with Gasteiger partial charge in [-0.25, -0.2) is 9.18 Å². The smallest absolute Gasteiger partial charge is 0.337 e. The maximum atomic E-state index is 13.7. The molecule has 0 fully saturated rings. The number of β-amino-alcohol motifs (C(OH)–C–C–N with tert-alkyl or cyclic N) is 1. The Morgan fingerprint density at radius 2 is 2.11 bits per heavy atom. The van der Waals surface area contributed by atoms with Crippen LogP contribution in [-0.2, 0) is 19.1 Å². The molecule has 0 aromatic heterocycles. The largest absolute Gasteiger partial charge is 0.491 e. The lowest BCUT2D eigenvalue weighted by molar-refractivity contribution is -0.136. The van der Waals surface area contributed by atoms with Crippen LogP contribution in [0.4, 0.5) is 10.1 Å². The highest BCUT2D eigenvalue weighted by molar-refractivity contribution is 6.08. The lowest BCUT2D eigenvalue weighted by Gasteiger charge is -2.16. The zero-order valence-corrected chi connectivity index (χ0v) is 15.3. The number of amides is 1. The van der Waals surface area contributed by atoms with Crippen molar-refractivity contribution in [2.75, 3.05) is 52.4 Å². The molecule has 1 amide bonds. The first-order valence-electron chi connectivity index (χ1n) is 8.41. The first kappa shape index (κ1) is 20.7. The van der Waals surface area contributed by atoms with Gasteiger partial charge in [0.15, 0.2) is 0 Å². The number of hydrogen-bond acceptors (Lipinski definition) is 7. The number of nitrogens with zero attached hydrogens (tertiary/aromatic N) is 1. The van der Waals surface area contributed by atoms with Crippen molar-refractivity contribution >= 4 is 17.6 Å². The van der Waals surface area contributed by atoms with Crippen LogP contribution >= 0.6 is 0 Å². The summed E-state index contributed by atoms with van der Waals surface area (Å²) < 4.78 is 29.0. The highest BCUT2D eigenvalue weighted by Crippen LogP contribution is 2.30. The van der Waals surface area contributed by atoms with Crippen molar-refractivity contribution in [2.24, 2.45) is 0 Å². The fraction of sp³-hybridized carbons (Fsp3) is 0.444. The SMILES string of the molecule is COCCCOc1ccc(F)cc1NC1=C(C(=O)OC)CN(CCO)C1=O. The number of aliphatic hydroxyl groups excluding tert-OH is 1.